The molecule has 1 aliphatic heterocycles. The fraction of sp³-hybridized carbons (Fsp3) is 0.357. The normalized spacial score (nSPS) is 20.1. The molecule has 0 spiro atoms. The Bertz CT molecular complexity index is 532. The number of hydrogen-bond donors (Lipinski definition) is 3. The average Bonchev–Trinajstić information content (AvgIpc) is 2.44. The number of benzene rings is 1. The monoisotopic (exact) mass is 291 g/mol. The molecule has 112 valence electrons. The van der Waals surface area contributed by atoms with Gasteiger partial charge in [-0.05, 0) is 5.56 Å². The van der Waals surface area contributed by atoms with Gasteiger partial charge >= 0.3 is 0 Å². The van der Waals surface area contributed by atoms with Crippen LogP contribution in [0.5, 0.6) is 0 Å². The van der Waals surface area contributed by atoms with Crippen molar-refractivity contribution in [2.24, 2.45) is 5.92 Å². The van der Waals surface area contributed by atoms with Crippen molar-refractivity contribution in [3.63, 3.8) is 0 Å². The van der Waals surface area contributed by atoms with Gasteiger partial charge in [-0.1, -0.05) is 30.3 Å². The number of carbonyl (C=O) groups is 3. The lowest BCUT2D eigenvalue weighted by Crippen LogP contribution is -2.66. The second kappa shape index (κ2) is 6.85. The number of β-lactam (4-membered cyclic amide) rings is 1. The smallest absolute Gasteiger partial charge is 0.258 e. The summed E-state index contributed by atoms with van der Waals surface area (Å²) in [4.78, 5) is 39.2. The van der Waals surface area contributed by atoms with Crippen LogP contribution in [0.25, 0.3) is 0 Å². The number of amides is 3. The first-order chi connectivity index (χ1) is 10.1. The highest BCUT2D eigenvalue weighted by Gasteiger charge is 2.44. The van der Waals surface area contributed by atoms with E-state index in [9.17, 15) is 14.4 Å². The lowest BCUT2D eigenvalue weighted by Gasteiger charge is -2.35. The minimum Gasteiger partial charge on any atom is -0.354 e. The first-order valence-electron chi connectivity index (χ1n) is 6.58. The molecule has 2 unspecified atom stereocenters. The van der Waals surface area contributed by atoms with Crippen molar-refractivity contribution in [2.45, 2.75) is 19.6 Å². The Morgan fingerprint density at radius 2 is 2.00 bits per heavy atom. The predicted molar refractivity (Wildman–Crippen MR) is 73.5 cm³/mol. The minimum atomic E-state index is -0.840. The van der Waals surface area contributed by atoms with Crippen LogP contribution in [0.3, 0.4) is 0 Å². The average molecular weight is 291 g/mol. The largest absolute Gasteiger partial charge is 0.354 e. The molecule has 1 fully saturated rings. The molecule has 1 aromatic rings. The van der Waals surface area contributed by atoms with E-state index in [4.69, 9.17) is 4.84 Å². The summed E-state index contributed by atoms with van der Waals surface area (Å²) >= 11 is 0. The fourth-order valence-corrected chi connectivity index (χ4v) is 1.99. The summed E-state index contributed by atoms with van der Waals surface area (Å²) in [5.41, 5.74) is 3.18. The maximum atomic E-state index is 11.9. The molecular weight excluding hydrogens is 274 g/mol. The highest BCUT2D eigenvalue weighted by Crippen LogP contribution is 2.14. The Labute approximate surface area is 122 Å². The molecule has 1 aromatic carbocycles. The zero-order chi connectivity index (χ0) is 15.2. The van der Waals surface area contributed by atoms with Gasteiger partial charge < -0.3 is 10.6 Å². The first kappa shape index (κ1) is 15.0. The topological polar surface area (TPSA) is 96.5 Å². The van der Waals surface area contributed by atoms with E-state index in [1.807, 2.05) is 30.3 Å². The van der Waals surface area contributed by atoms with E-state index in [2.05, 4.69) is 16.1 Å². The van der Waals surface area contributed by atoms with Crippen LogP contribution in [0.15, 0.2) is 30.3 Å². The SMILES string of the molecule is CC(=O)NCC1NC(=O)C1C(=O)NOCc1ccccc1. The highest BCUT2D eigenvalue weighted by atomic mass is 16.6. The third-order valence-corrected chi connectivity index (χ3v) is 3.12. The number of nitrogens with one attached hydrogen (secondary N) is 3. The molecule has 1 saturated heterocycles. The van der Waals surface area contributed by atoms with Crippen molar-refractivity contribution >= 4 is 17.7 Å². The molecule has 21 heavy (non-hydrogen) atoms. The summed E-state index contributed by atoms with van der Waals surface area (Å²) in [6.07, 6.45) is 0. The van der Waals surface area contributed by atoms with Crippen LogP contribution in [0, 0.1) is 5.92 Å². The molecule has 0 saturated carbocycles. The number of carbonyl (C=O) groups excluding carboxylic acids is 3. The molecule has 2 rings (SSSR count). The Morgan fingerprint density at radius 1 is 1.29 bits per heavy atom. The van der Waals surface area contributed by atoms with Gasteiger partial charge in [0.15, 0.2) is 0 Å². The predicted octanol–water partition coefficient (Wildman–Crippen LogP) is -0.515. The third kappa shape index (κ3) is 4.03. The molecule has 1 heterocycles. The molecule has 3 amide bonds. The van der Waals surface area contributed by atoms with Crippen LogP contribution >= 0.6 is 0 Å². The molecular formula is C14H17N3O4. The summed E-state index contributed by atoms with van der Waals surface area (Å²) in [5, 5.41) is 5.13. The zero-order valence-corrected chi connectivity index (χ0v) is 11.6. The molecule has 2 atom stereocenters. The minimum absolute atomic E-state index is 0.212. The lowest BCUT2D eigenvalue weighted by molar-refractivity contribution is -0.152. The van der Waals surface area contributed by atoms with Gasteiger partial charge in [0.2, 0.25) is 11.8 Å². The number of hydrogen-bond acceptors (Lipinski definition) is 4. The lowest BCUT2D eigenvalue weighted by atomic mass is 9.90. The Morgan fingerprint density at radius 3 is 2.62 bits per heavy atom. The summed E-state index contributed by atoms with van der Waals surface area (Å²) < 4.78 is 0. The van der Waals surface area contributed by atoms with Gasteiger partial charge in [-0.2, -0.15) is 0 Å². The van der Waals surface area contributed by atoms with Crippen molar-refractivity contribution in [3.05, 3.63) is 35.9 Å². The van der Waals surface area contributed by atoms with Crippen molar-refractivity contribution in [3.8, 4) is 0 Å². The highest BCUT2D eigenvalue weighted by molar-refractivity contribution is 6.05. The summed E-state index contributed by atoms with van der Waals surface area (Å²) in [6, 6.07) is 8.94. The van der Waals surface area contributed by atoms with Crippen LogP contribution in [-0.2, 0) is 25.8 Å². The van der Waals surface area contributed by atoms with E-state index in [-0.39, 0.29) is 25.0 Å². The summed E-state index contributed by atoms with van der Waals surface area (Å²) in [5.74, 6) is -1.93. The third-order valence-electron chi connectivity index (χ3n) is 3.12. The summed E-state index contributed by atoms with van der Waals surface area (Å²) in [6.45, 7) is 1.81. The first-order valence-corrected chi connectivity index (χ1v) is 6.58. The van der Waals surface area contributed by atoms with Crippen LogP contribution in [0.2, 0.25) is 0 Å². The quantitative estimate of drug-likeness (QED) is 0.373. The van der Waals surface area contributed by atoms with E-state index in [0.29, 0.717) is 0 Å². The van der Waals surface area contributed by atoms with E-state index < -0.39 is 17.9 Å². The Hall–Kier alpha value is -2.41. The van der Waals surface area contributed by atoms with Crippen molar-refractivity contribution in [1.82, 2.24) is 16.1 Å². The van der Waals surface area contributed by atoms with E-state index in [1.165, 1.54) is 6.92 Å². The summed E-state index contributed by atoms with van der Waals surface area (Å²) in [7, 11) is 0. The van der Waals surface area contributed by atoms with Gasteiger partial charge in [0.25, 0.3) is 5.91 Å². The zero-order valence-electron chi connectivity index (χ0n) is 11.6. The molecule has 0 bridgehead atoms. The molecule has 0 aromatic heterocycles. The molecule has 3 N–H and O–H groups in total. The van der Waals surface area contributed by atoms with Crippen LogP contribution in [-0.4, -0.2) is 30.3 Å². The van der Waals surface area contributed by atoms with Crippen molar-refractivity contribution < 1.29 is 19.2 Å². The van der Waals surface area contributed by atoms with Gasteiger partial charge in [-0.25, -0.2) is 5.48 Å². The number of hydroxylamine groups is 1. The van der Waals surface area contributed by atoms with Gasteiger partial charge in [-0.3, -0.25) is 19.2 Å². The maximum Gasteiger partial charge on any atom is 0.258 e. The van der Waals surface area contributed by atoms with Gasteiger partial charge in [0, 0.05) is 13.5 Å². The van der Waals surface area contributed by atoms with Crippen molar-refractivity contribution in [1.29, 1.82) is 0 Å². The van der Waals surface area contributed by atoms with E-state index >= 15 is 0 Å². The van der Waals surface area contributed by atoms with Crippen LogP contribution < -0.4 is 16.1 Å². The van der Waals surface area contributed by atoms with Gasteiger partial charge in [-0.15, -0.1) is 0 Å². The molecule has 1 aliphatic rings. The molecule has 7 heteroatoms. The number of rotatable bonds is 6. The Balaban J connectivity index is 1.76. The second-order valence-electron chi connectivity index (χ2n) is 4.77. The molecule has 0 radical (unpaired) electrons. The standard InChI is InChI=1S/C14H17N3O4/c1-9(18)15-7-11-12(13(19)16-11)14(20)17-21-8-10-5-3-2-4-6-10/h2-6,11-12H,7-8H2,1H3,(H,15,18)(H,16,19)(H,17,20). The van der Waals surface area contributed by atoms with E-state index in [0.717, 1.165) is 5.56 Å². The van der Waals surface area contributed by atoms with E-state index in [1.54, 1.807) is 0 Å². The fourth-order valence-electron chi connectivity index (χ4n) is 1.99. The van der Waals surface area contributed by atoms with Gasteiger partial charge in [0.1, 0.15) is 5.92 Å². The second-order valence-corrected chi connectivity index (χ2v) is 4.77. The molecule has 0 aliphatic carbocycles. The van der Waals surface area contributed by atoms with Crippen LogP contribution in [0.4, 0.5) is 0 Å². The van der Waals surface area contributed by atoms with Crippen molar-refractivity contribution in [2.75, 3.05) is 6.54 Å². The van der Waals surface area contributed by atoms with Gasteiger partial charge in [0.05, 0.1) is 12.6 Å². The molecule has 7 nitrogen and oxygen atoms in total. The maximum absolute atomic E-state index is 11.9. The van der Waals surface area contributed by atoms with Crippen LogP contribution in [0.1, 0.15) is 12.5 Å². The Kier molecular flexibility index (Phi) is 4.89.